The van der Waals surface area contributed by atoms with Crippen molar-refractivity contribution in [3.8, 4) is 11.1 Å². The number of cyclic esters (lactones) is 1. The Labute approximate surface area is 338 Å². The summed E-state index contributed by atoms with van der Waals surface area (Å²) < 4.78 is 11.6. The summed E-state index contributed by atoms with van der Waals surface area (Å²) in [6.45, 7) is 0.196. The fourth-order valence-corrected chi connectivity index (χ4v) is 8.96. The van der Waals surface area contributed by atoms with E-state index < -0.39 is 30.1 Å². The minimum atomic E-state index is -0.978. The second-order valence-corrected chi connectivity index (χ2v) is 15.9. The van der Waals surface area contributed by atoms with Gasteiger partial charge in [0.2, 0.25) is 11.8 Å². The number of hydrogen-bond donors (Lipinski definition) is 3. The van der Waals surface area contributed by atoms with Gasteiger partial charge in [-0.2, -0.15) is 11.8 Å². The van der Waals surface area contributed by atoms with Crippen LogP contribution < -0.4 is 10.6 Å². The zero-order valence-electron chi connectivity index (χ0n) is 31.9. The lowest BCUT2D eigenvalue weighted by Crippen LogP contribution is -2.49. The van der Waals surface area contributed by atoms with Crippen molar-refractivity contribution in [1.29, 1.82) is 0 Å². The molecular weight excluding hydrogens is 739 g/mol. The molecule has 3 aliphatic rings. The van der Waals surface area contributed by atoms with Gasteiger partial charge in [0.1, 0.15) is 19.3 Å². The quantitative estimate of drug-likeness (QED) is 0.122. The van der Waals surface area contributed by atoms with Crippen LogP contribution in [0.15, 0.2) is 115 Å². The SMILES string of the molecule is O=C(NC1CCC=CCC(CC(=O)N2Cc3ccccc3CC2CO)C(=O)NC(CSCc2ccccc2)COC1=O)OCC1c2ccccc2-c2ccccc21. The van der Waals surface area contributed by atoms with Crippen molar-refractivity contribution in [1.82, 2.24) is 15.5 Å². The first-order valence-corrected chi connectivity index (χ1v) is 20.9. The summed E-state index contributed by atoms with van der Waals surface area (Å²) in [7, 11) is 0. The van der Waals surface area contributed by atoms with Crippen LogP contribution in [0.1, 0.15) is 59.4 Å². The van der Waals surface area contributed by atoms with Gasteiger partial charge in [-0.1, -0.05) is 115 Å². The summed E-state index contributed by atoms with van der Waals surface area (Å²) in [5, 5.41) is 16.0. The number of alkyl carbamates (subject to hydrolysis) is 1. The molecule has 0 radical (unpaired) electrons. The molecule has 296 valence electrons. The molecule has 4 aromatic carbocycles. The molecule has 4 unspecified atom stereocenters. The van der Waals surface area contributed by atoms with Crippen molar-refractivity contribution in [2.45, 2.75) is 68.4 Å². The minimum Gasteiger partial charge on any atom is -0.462 e. The number of benzene rings is 4. The number of esters is 1. The maximum absolute atomic E-state index is 14.0. The summed E-state index contributed by atoms with van der Waals surface area (Å²) in [5.74, 6) is -0.791. The number of nitrogens with one attached hydrogen (secondary N) is 2. The van der Waals surface area contributed by atoms with E-state index in [0.717, 1.165) is 38.9 Å². The molecule has 3 N–H and O–H groups in total. The second kappa shape index (κ2) is 19.2. The highest BCUT2D eigenvalue weighted by atomic mass is 32.2. The average Bonchev–Trinajstić information content (AvgIpc) is 3.56. The number of aliphatic hydroxyl groups is 1. The molecule has 0 fully saturated rings. The van der Waals surface area contributed by atoms with Crippen LogP contribution in [0.2, 0.25) is 0 Å². The molecule has 0 saturated carbocycles. The van der Waals surface area contributed by atoms with E-state index in [2.05, 4.69) is 22.8 Å². The van der Waals surface area contributed by atoms with Gasteiger partial charge in [-0.05, 0) is 64.6 Å². The third-order valence-electron chi connectivity index (χ3n) is 11.0. The lowest BCUT2D eigenvalue weighted by atomic mass is 9.92. The predicted molar refractivity (Wildman–Crippen MR) is 220 cm³/mol. The minimum absolute atomic E-state index is 0.0372. The Bertz CT molecular complexity index is 2030. The van der Waals surface area contributed by atoms with Crippen LogP contribution in [0, 0.1) is 5.92 Å². The van der Waals surface area contributed by atoms with E-state index in [1.165, 1.54) is 0 Å². The Morgan fingerprint density at radius 1 is 0.877 bits per heavy atom. The Kier molecular flexibility index (Phi) is 13.4. The number of hydrogen-bond acceptors (Lipinski definition) is 8. The van der Waals surface area contributed by atoms with Gasteiger partial charge in [-0.25, -0.2) is 9.59 Å². The van der Waals surface area contributed by atoms with E-state index in [1.54, 1.807) is 16.7 Å². The molecule has 0 saturated heterocycles. The van der Waals surface area contributed by atoms with Gasteiger partial charge in [-0.3, -0.25) is 9.59 Å². The molecule has 11 heteroatoms. The first-order chi connectivity index (χ1) is 27.9. The second-order valence-electron chi connectivity index (χ2n) is 14.9. The number of carbonyl (C=O) groups is 4. The molecule has 57 heavy (non-hydrogen) atoms. The Balaban J connectivity index is 1.03. The number of aliphatic hydroxyl groups excluding tert-OH is 1. The summed E-state index contributed by atoms with van der Waals surface area (Å²) in [5.41, 5.74) is 7.69. The first kappa shape index (κ1) is 39.8. The third kappa shape index (κ3) is 9.95. The monoisotopic (exact) mass is 787 g/mol. The number of ether oxygens (including phenoxy) is 2. The predicted octanol–water partition coefficient (Wildman–Crippen LogP) is 6.55. The first-order valence-electron chi connectivity index (χ1n) is 19.7. The van der Waals surface area contributed by atoms with Crippen molar-refractivity contribution < 1.29 is 33.8 Å². The number of thioether (sulfide) groups is 1. The molecule has 10 nitrogen and oxygen atoms in total. The largest absolute Gasteiger partial charge is 0.462 e. The molecular formula is C46H49N3O7S. The molecule has 0 aromatic heterocycles. The molecule has 3 amide bonds. The van der Waals surface area contributed by atoms with Crippen LogP contribution in [-0.2, 0) is 42.6 Å². The molecule has 2 aliphatic heterocycles. The Hall–Kier alpha value is -5.39. The van der Waals surface area contributed by atoms with Gasteiger partial charge in [-0.15, -0.1) is 0 Å². The van der Waals surface area contributed by atoms with E-state index in [1.807, 2.05) is 103 Å². The average molecular weight is 788 g/mol. The molecule has 2 heterocycles. The lowest BCUT2D eigenvalue weighted by Gasteiger charge is -2.36. The van der Waals surface area contributed by atoms with Gasteiger partial charge in [0, 0.05) is 30.4 Å². The highest BCUT2D eigenvalue weighted by Gasteiger charge is 2.34. The van der Waals surface area contributed by atoms with Crippen LogP contribution in [0.25, 0.3) is 11.1 Å². The number of fused-ring (bicyclic) bond motifs is 4. The number of rotatable bonds is 10. The maximum Gasteiger partial charge on any atom is 0.407 e. The summed E-state index contributed by atoms with van der Waals surface area (Å²) in [6.07, 6.45) is 4.49. The lowest BCUT2D eigenvalue weighted by molar-refractivity contribution is -0.147. The van der Waals surface area contributed by atoms with Crippen LogP contribution in [0.3, 0.4) is 0 Å². The number of amides is 3. The van der Waals surface area contributed by atoms with E-state index in [4.69, 9.17) is 9.47 Å². The third-order valence-corrected chi connectivity index (χ3v) is 12.2. The molecule has 4 atom stereocenters. The molecule has 0 spiro atoms. The number of carbonyl (C=O) groups excluding carboxylic acids is 4. The van der Waals surface area contributed by atoms with Crippen molar-refractivity contribution in [3.05, 3.63) is 143 Å². The fourth-order valence-electron chi connectivity index (χ4n) is 7.95. The van der Waals surface area contributed by atoms with Gasteiger partial charge in [0.15, 0.2) is 0 Å². The van der Waals surface area contributed by atoms with Gasteiger partial charge in [0.05, 0.1) is 24.6 Å². The van der Waals surface area contributed by atoms with E-state index >= 15 is 0 Å². The molecule has 1 aliphatic carbocycles. The highest BCUT2D eigenvalue weighted by molar-refractivity contribution is 7.98. The van der Waals surface area contributed by atoms with Crippen molar-refractivity contribution >= 4 is 35.6 Å². The van der Waals surface area contributed by atoms with Crippen LogP contribution in [0.5, 0.6) is 0 Å². The van der Waals surface area contributed by atoms with Crippen molar-refractivity contribution in [3.63, 3.8) is 0 Å². The number of nitrogens with zero attached hydrogens (tertiary/aromatic N) is 1. The van der Waals surface area contributed by atoms with Crippen LogP contribution in [-0.4, -0.2) is 77.6 Å². The zero-order chi connectivity index (χ0) is 39.6. The van der Waals surface area contributed by atoms with Gasteiger partial charge >= 0.3 is 12.1 Å². The molecule has 0 bridgehead atoms. The van der Waals surface area contributed by atoms with Gasteiger partial charge < -0.3 is 30.1 Å². The van der Waals surface area contributed by atoms with E-state index in [9.17, 15) is 24.3 Å². The van der Waals surface area contributed by atoms with Gasteiger partial charge in [0.25, 0.3) is 0 Å². The fraction of sp³-hybridized carbons (Fsp3) is 0.348. The summed E-state index contributed by atoms with van der Waals surface area (Å²) >= 11 is 1.60. The van der Waals surface area contributed by atoms with E-state index in [-0.39, 0.29) is 56.4 Å². The topological polar surface area (TPSA) is 134 Å². The molecule has 7 rings (SSSR count). The zero-order valence-corrected chi connectivity index (χ0v) is 32.7. The summed E-state index contributed by atoms with van der Waals surface area (Å²) in [4.78, 5) is 56.4. The Morgan fingerprint density at radius 3 is 2.30 bits per heavy atom. The summed E-state index contributed by atoms with van der Waals surface area (Å²) in [6, 6.07) is 32.2. The van der Waals surface area contributed by atoms with Crippen LogP contribution in [0.4, 0.5) is 4.79 Å². The van der Waals surface area contributed by atoms with Crippen molar-refractivity contribution in [2.75, 3.05) is 25.6 Å². The van der Waals surface area contributed by atoms with Crippen LogP contribution >= 0.6 is 11.8 Å². The normalized spacial score (nSPS) is 21.0. The van der Waals surface area contributed by atoms with E-state index in [0.29, 0.717) is 37.3 Å². The Morgan fingerprint density at radius 2 is 1.56 bits per heavy atom. The highest BCUT2D eigenvalue weighted by Crippen LogP contribution is 2.44. The maximum atomic E-state index is 14.0. The number of allylic oxidation sites excluding steroid dienone is 2. The van der Waals surface area contributed by atoms with Crippen molar-refractivity contribution in [2.24, 2.45) is 5.92 Å². The standard InChI is InChI=1S/C46H49N3O7S/c50-26-36-23-32-15-7-8-17-34(32)25-49(36)43(51)24-33-16-5-2-6-22-42(45(53)55-27-35(47-44(33)52)30-57-29-31-13-3-1-4-14-31)48-46(54)56-28-41-39-20-11-9-18-37(39)38-19-10-12-21-40(38)41/h1-5,7-15,17-21,33,35-36,41-42,50H,6,16,22-30H2,(H,47,52)(H,48,54). The molecule has 4 aromatic rings. The smallest absolute Gasteiger partial charge is 0.407 e.